The van der Waals surface area contributed by atoms with Crippen LogP contribution in [0.5, 0.6) is 0 Å². The van der Waals surface area contributed by atoms with Crippen molar-refractivity contribution < 1.29 is 13.6 Å². The Bertz CT molecular complexity index is 897. The SMILES string of the molecule is Cc1cc2oc(C(=O)NC[C@H](c3ccco3)N(C)C)c(C)c2cc1Cl. The summed E-state index contributed by atoms with van der Waals surface area (Å²) in [6.45, 7) is 4.18. The first-order chi connectivity index (χ1) is 11.9. The number of fused-ring (bicyclic) bond motifs is 1. The number of carbonyl (C=O) groups is 1. The maximum absolute atomic E-state index is 12.6. The molecule has 0 saturated carbocycles. The lowest BCUT2D eigenvalue weighted by molar-refractivity contribution is 0.0912. The third-order valence-electron chi connectivity index (χ3n) is 4.37. The Morgan fingerprint density at radius 3 is 2.72 bits per heavy atom. The van der Waals surface area contributed by atoms with E-state index < -0.39 is 0 Å². The second kappa shape index (κ2) is 6.94. The van der Waals surface area contributed by atoms with E-state index in [1.54, 1.807) is 6.26 Å². The highest BCUT2D eigenvalue weighted by Gasteiger charge is 2.22. The second-order valence-corrected chi connectivity index (χ2v) is 6.77. The maximum atomic E-state index is 12.6. The molecule has 1 amide bonds. The molecule has 1 atom stereocenters. The molecule has 0 aliphatic carbocycles. The fraction of sp³-hybridized carbons (Fsp3) is 0.316. The van der Waals surface area contributed by atoms with Gasteiger partial charge in [0.15, 0.2) is 5.76 Å². The minimum absolute atomic E-state index is 0.0553. The van der Waals surface area contributed by atoms with Crippen molar-refractivity contribution in [3.63, 3.8) is 0 Å². The monoisotopic (exact) mass is 360 g/mol. The van der Waals surface area contributed by atoms with E-state index in [2.05, 4.69) is 5.32 Å². The summed E-state index contributed by atoms with van der Waals surface area (Å²) in [5, 5.41) is 4.45. The van der Waals surface area contributed by atoms with Crippen LogP contribution in [-0.2, 0) is 0 Å². The second-order valence-electron chi connectivity index (χ2n) is 6.36. The molecule has 0 spiro atoms. The Hall–Kier alpha value is -2.24. The number of nitrogens with zero attached hydrogens (tertiary/aromatic N) is 1. The van der Waals surface area contributed by atoms with Crippen LogP contribution in [0.3, 0.4) is 0 Å². The molecular weight excluding hydrogens is 340 g/mol. The van der Waals surface area contributed by atoms with Crippen molar-refractivity contribution in [2.24, 2.45) is 0 Å². The van der Waals surface area contributed by atoms with Gasteiger partial charge in [-0.2, -0.15) is 0 Å². The highest BCUT2D eigenvalue weighted by atomic mass is 35.5. The Labute approximate surface area is 151 Å². The fourth-order valence-corrected chi connectivity index (χ4v) is 3.01. The molecule has 0 saturated heterocycles. The number of benzene rings is 1. The molecule has 1 aromatic carbocycles. The molecule has 25 heavy (non-hydrogen) atoms. The number of hydrogen-bond acceptors (Lipinski definition) is 4. The largest absolute Gasteiger partial charge is 0.468 e. The van der Waals surface area contributed by atoms with E-state index in [4.69, 9.17) is 20.4 Å². The molecule has 0 unspecified atom stereocenters. The summed E-state index contributed by atoms with van der Waals surface area (Å²) < 4.78 is 11.2. The lowest BCUT2D eigenvalue weighted by atomic mass is 10.1. The number of carbonyl (C=O) groups excluding carboxylic acids is 1. The quantitative estimate of drug-likeness (QED) is 0.735. The number of amides is 1. The van der Waals surface area contributed by atoms with E-state index in [9.17, 15) is 4.79 Å². The molecule has 3 aromatic rings. The molecule has 2 aromatic heterocycles. The first-order valence-corrected chi connectivity index (χ1v) is 8.43. The van der Waals surface area contributed by atoms with Crippen molar-refractivity contribution >= 4 is 28.5 Å². The van der Waals surface area contributed by atoms with E-state index in [0.717, 1.165) is 22.3 Å². The van der Waals surface area contributed by atoms with E-state index in [0.29, 0.717) is 22.9 Å². The van der Waals surface area contributed by atoms with Crippen molar-refractivity contribution in [3.8, 4) is 0 Å². The minimum atomic E-state index is -0.249. The number of rotatable bonds is 5. The summed E-state index contributed by atoms with van der Waals surface area (Å²) >= 11 is 6.18. The van der Waals surface area contributed by atoms with Crippen LogP contribution in [0.15, 0.2) is 39.4 Å². The molecule has 0 bridgehead atoms. The standard InChI is InChI=1S/C19H21ClN2O3/c1-11-8-17-13(9-14(11)20)12(2)18(25-17)19(23)21-10-15(22(3)4)16-6-5-7-24-16/h5-9,15H,10H2,1-4H3,(H,21,23)/t15-/m1/s1. The van der Waals surface area contributed by atoms with Gasteiger partial charge in [0.1, 0.15) is 11.3 Å². The topological polar surface area (TPSA) is 58.6 Å². The summed E-state index contributed by atoms with van der Waals surface area (Å²) in [4.78, 5) is 14.6. The highest BCUT2D eigenvalue weighted by Crippen LogP contribution is 2.30. The maximum Gasteiger partial charge on any atom is 0.287 e. The highest BCUT2D eigenvalue weighted by molar-refractivity contribution is 6.32. The Morgan fingerprint density at radius 2 is 2.08 bits per heavy atom. The molecule has 0 fully saturated rings. The Kier molecular flexibility index (Phi) is 4.88. The van der Waals surface area contributed by atoms with Crippen molar-refractivity contribution in [2.75, 3.05) is 20.6 Å². The Balaban J connectivity index is 1.81. The summed E-state index contributed by atoms with van der Waals surface area (Å²) in [5.41, 5.74) is 2.37. The summed E-state index contributed by atoms with van der Waals surface area (Å²) in [6, 6.07) is 7.37. The zero-order valence-corrected chi connectivity index (χ0v) is 15.5. The first-order valence-electron chi connectivity index (χ1n) is 8.05. The average molecular weight is 361 g/mol. The van der Waals surface area contributed by atoms with Crippen LogP contribution < -0.4 is 5.32 Å². The smallest absolute Gasteiger partial charge is 0.287 e. The van der Waals surface area contributed by atoms with Gasteiger partial charge in [0, 0.05) is 22.5 Å². The van der Waals surface area contributed by atoms with E-state index in [-0.39, 0.29) is 11.9 Å². The third kappa shape index (κ3) is 3.43. The normalized spacial score (nSPS) is 12.7. The van der Waals surface area contributed by atoms with Gasteiger partial charge in [-0.1, -0.05) is 11.6 Å². The Morgan fingerprint density at radius 1 is 1.32 bits per heavy atom. The molecule has 1 N–H and O–H groups in total. The summed E-state index contributed by atoms with van der Waals surface area (Å²) in [5.74, 6) is 0.864. The molecule has 0 radical (unpaired) electrons. The van der Waals surface area contributed by atoms with Gasteiger partial charge in [0.05, 0.1) is 12.3 Å². The molecule has 2 heterocycles. The fourth-order valence-electron chi connectivity index (χ4n) is 2.85. The van der Waals surface area contributed by atoms with Gasteiger partial charge in [0.25, 0.3) is 5.91 Å². The predicted octanol–water partition coefficient (Wildman–Crippen LogP) is 4.33. The van der Waals surface area contributed by atoms with Gasteiger partial charge in [-0.3, -0.25) is 9.69 Å². The minimum Gasteiger partial charge on any atom is -0.468 e. The number of halogens is 1. The lowest BCUT2D eigenvalue weighted by Crippen LogP contribution is -2.34. The van der Waals surface area contributed by atoms with Gasteiger partial charge < -0.3 is 14.2 Å². The van der Waals surface area contributed by atoms with Gasteiger partial charge in [-0.15, -0.1) is 0 Å². The average Bonchev–Trinajstić information content (AvgIpc) is 3.18. The van der Waals surface area contributed by atoms with Crippen molar-refractivity contribution in [1.29, 1.82) is 0 Å². The van der Waals surface area contributed by atoms with Gasteiger partial charge in [0.2, 0.25) is 0 Å². The van der Waals surface area contributed by atoms with Crippen molar-refractivity contribution in [1.82, 2.24) is 10.2 Å². The number of furan rings is 2. The van der Waals surface area contributed by atoms with Crippen molar-refractivity contribution in [2.45, 2.75) is 19.9 Å². The van der Waals surface area contributed by atoms with Crippen LogP contribution in [0, 0.1) is 13.8 Å². The van der Waals surface area contributed by atoms with Crippen LogP contribution in [0.25, 0.3) is 11.0 Å². The zero-order valence-electron chi connectivity index (χ0n) is 14.7. The first kappa shape index (κ1) is 17.6. The summed E-state index contributed by atoms with van der Waals surface area (Å²) in [6.07, 6.45) is 1.63. The van der Waals surface area contributed by atoms with Gasteiger partial charge in [-0.25, -0.2) is 0 Å². The van der Waals surface area contributed by atoms with E-state index in [1.807, 2.05) is 57.1 Å². The van der Waals surface area contributed by atoms with Crippen LogP contribution in [0.2, 0.25) is 5.02 Å². The van der Waals surface area contributed by atoms with Gasteiger partial charge >= 0.3 is 0 Å². The molecule has 3 rings (SSSR count). The zero-order chi connectivity index (χ0) is 18.1. The molecule has 6 heteroatoms. The molecule has 5 nitrogen and oxygen atoms in total. The van der Waals surface area contributed by atoms with Crippen LogP contribution in [-0.4, -0.2) is 31.4 Å². The number of hydrogen-bond donors (Lipinski definition) is 1. The third-order valence-corrected chi connectivity index (χ3v) is 4.78. The van der Waals surface area contributed by atoms with Crippen LogP contribution in [0.1, 0.15) is 33.5 Å². The molecule has 132 valence electrons. The molecule has 0 aliphatic rings. The van der Waals surface area contributed by atoms with Crippen LogP contribution in [0.4, 0.5) is 0 Å². The number of likely N-dealkylation sites (N-methyl/N-ethyl adjacent to an activating group) is 1. The summed E-state index contributed by atoms with van der Waals surface area (Å²) in [7, 11) is 3.88. The van der Waals surface area contributed by atoms with E-state index in [1.165, 1.54) is 0 Å². The van der Waals surface area contributed by atoms with Gasteiger partial charge in [-0.05, 0) is 57.8 Å². The van der Waals surface area contributed by atoms with Crippen LogP contribution >= 0.6 is 11.6 Å². The number of nitrogens with one attached hydrogen (secondary N) is 1. The number of aryl methyl sites for hydroxylation is 2. The van der Waals surface area contributed by atoms with E-state index >= 15 is 0 Å². The molecular formula is C19H21ClN2O3. The van der Waals surface area contributed by atoms with Crippen molar-refractivity contribution in [3.05, 3.63) is 58.2 Å². The molecule has 0 aliphatic heterocycles. The predicted molar refractivity (Wildman–Crippen MR) is 98.2 cm³/mol. The lowest BCUT2D eigenvalue weighted by Gasteiger charge is -2.22.